The van der Waals surface area contributed by atoms with Crippen molar-refractivity contribution in [1.29, 1.82) is 0 Å². The first-order chi connectivity index (χ1) is 11.5. The fourth-order valence-electron chi connectivity index (χ4n) is 2.55. The molecule has 0 spiro atoms. The van der Waals surface area contributed by atoms with Crippen LogP contribution in [-0.2, 0) is 4.79 Å². The third-order valence-corrected chi connectivity index (χ3v) is 4.50. The number of hydrogen-bond acceptors (Lipinski definition) is 2. The molecule has 1 amide bonds. The second-order valence-electron chi connectivity index (χ2n) is 6.02. The molecule has 0 saturated heterocycles. The first-order valence-electron chi connectivity index (χ1n) is 8.21. The van der Waals surface area contributed by atoms with E-state index < -0.39 is 0 Å². The molecule has 1 unspecified atom stereocenters. The fourth-order valence-corrected chi connectivity index (χ4v) is 2.66. The summed E-state index contributed by atoms with van der Waals surface area (Å²) in [5.41, 5.74) is 3.11. The lowest BCUT2D eigenvalue weighted by molar-refractivity contribution is -0.121. The van der Waals surface area contributed by atoms with Crippen LogP contribution in [0.5, 0.6) is 5.75 Å². The van der Waals surface area contributed by atoms with Crippen LogP contribution in [0.15, 0.2) is 42.5 Å². The average Bonchev–Trinajstić information content (AvgIpc) is 2.57. The highest BCUT2D eigenvalue weighted by Crippen LogP contribution is 2.25. The SMILES string of the molecule is Cc1cc(OCCCC(=O)NC(C)c2ccccc2)cc(C)c1Cl. The average molecular weight is 346 g/mol. The molecular weight excluding hydrogens is 322 g/mol. The van der Waals surface area contributed by atoms with Gasteiger partial charge in [-0.1, -0.05) is 41.9 Å². The van der Waals surface area contributed by atoms with Crippen molar-refractivity contribution in [1.82, 2.24) is 5.32 Å². The second kappa shape index (κ2) is 8.74. The van der Waals surface area contributed by atoms with Gasteiger partial charge in [0, 0.05) is 11.4 Å². The minimum atomic E-state index is 0.0150. The summed E-state index contributed by atoms with van der Waals surface area (Å²) in [5.74, 6) is 0.839. The van der Waals surface area contributed by atoms with Crippen LogP contribution in [0, 0.1) is 13.8 Å². The highest BCUT2D eigenvalue weighted by molar-refractivity contribution is 6.32. The van der Waals surface area contributed by atoms with E-state index in [1.54, 1.807) is 0 Å². The number of aryl methyl sites for hydroxylation is 2. The van der Waals surface area contributed by atoms with E-state index in [1.165, 1.54) is 0 Å². The molecule has 0 bridgehead atoms. The van der Waals surface area contributed by atoms with Crippen LogP contribution in [0.3, 0.4) is 0 Å². The van der Waals surface area contributed by atoms with E-state index in [0.29, 0.717) is 19.4 Å². The van der Waals surface area contributed by atoms with E-state index in [1.807, 2.05) is 63.2 Å². The van der Waals surface area contributed by atoms with Crippen LogP contribution in [-0.4, -0.2) is 12.5 Å². The van der Waals surface area contributed by atoms with Gasteiger partial charge in [0.25, 0.3) is 0 Å². The quantitative estimate of drug-likeness (QED) is 0.717. The van der Waals surface area contributed by atoms with Gasteiger partial charge in [-0.15, -0.1) is 0 Å². The summed E-state index contributed by atoms with van der Waals surface area (Å²) in [6, 6.07) is 13.8. The molecule has 0 saturated carbocycles. The van der Waals surface area contributed by atoms with Gasteiger partial charge in [0.05, 0.1) is 12.6 Å². The number of halogens is 1. The number of rotatable bonds is 7. The number of benzene rings is 2. The molecule has 0 radical (unpaired) electrons. The fraction of sp³-hybridized carbons (Fsp3) is 0.350. The van der Waals surface area contributed by atoms with Crippen LogP contribution in [0.25, 0.3) is 0 Å². The van der Waals surface area contributed by atoms with Gasteiger partial charge in [0.15, 0.2) is 0 Å². The summed E-state index contributed by atoms with van der Waals surface area (Å²) in [4.78, 5) is 12.0. The van der Waals surface area contributed by atoms with Gasteiger partial charge in [-0.2, -0.15) is 0 Å². The van der Waals surface area contributed by atoms with Gasteiger partial charge in [-0.25, -0.2) is 0 Å². The molecule has 2 aromatic carbocycles. The first kappa shape index (κ1) is 18.3. The molecule has 4 heteroatoms. The zero-order valence-corrected chi connectivity index (χ0v) is 15.2. The van der Waals surface area contributed by atoms with Gasteiger partial charge < -0.3 is 10.1 Å². The molecule has 24 heavy (non-hydrogen) atoms. The van der Waals surface area contributed by atoms with Crippen LogP contribution in [0.1, 0.15) is 42.5 Å². The molecule has 0 heterocycles. The number of amides is 1. The number of ether oxygens (including phenoxy) is 1. The number of carbonyl (C=O) groups excluding carboxylic acids is 1. The second-order valence-corrected chi connectivity index (χ2v) is 6.40. The topological polar surface area (TPSA) is 38.3 Å². The van der Waals surface area contributed by atoms with E-state index in [9.17, 15) is 4.79 Å². The third kappa shape index (κ3) is 5.27. The minimum absolute atomic E-state index is 0.0150. The summed E-state index contributed by atoms with van der Waals surface area (Å²) < 4.78 is 5.72. The Morgan fingerprint density at radius 1 is 1.17 bits per heavy atom. The molecule has 0 aliphatic carbocycles. The predicted octanol–water partition coefficient (Wildman–Crippen LogP) is 4.99. The molecule has 0 fully saturated rings. The smallest absolute Gasteiger partial charge is 0.220 e. The molecule has 128 valence electrons. The summed E-state index contributed by atoms with van der Waals surface area (Å²) >= 11 is 6.14. The molecule has 1 atom stereocenters. The van der Waals surface area contributed by atoms with Crippen molar-refractivity contribution in [2.45, 2.75) is 39.7 Å². The zero-order chi connectivity index (χ0) is 17.5. The van der Waals surface area contributed by atoms with Crippen LogP contribution in [0.2, 0.25) is 5.02 Å². The molecule has 3 nitrogen and oxygen atoms in total. The largest absolute Gasteiger partial charge is 0.494 e. The Bertz CT molecular complexity index is 662. The highest BCUT2D eigenvalue weighted by atomic mass is 35.5. The zero-order valence-electron chi connectivity index (χ0n) is 14.4. The maximum Gasteiger partial charge on any atom is 0.220 e. The molecule has 0 aromatic heterocycles. The van der Waals surface area contributed by atoms with Crippen LogP contribution < -0.4 is 10.1 Å². The Morgan fingerprint density at radius 2 is 1.79 bits per heavy atom. The van der Waals surface area contributed by atoms with Gasteiger partial charge in [-0.3, -0.25) is 4.79 Å². The number of nitrogens with one attached hydrogen (secondary N) is 1. The summed E-state index contributed by atoms with van der Waals surface area (Å²) in [6.07, 6.45) is 1.12. The van der Waals surface area contributed by atoms with E-state index in [-0.39, 0.29) is 11.9 Å². The van der Waals surface area contributed by atoms with Gasteiger partial charge in [0.1, 0.15) is 5.75 Å². The van der Waals surface area contributed by atoms with E-state index in [2.05, 4.69) is 5.32 Å². The predicted molar refractivity (Wildman–Crippen MR) is 98.7 cm³/mol. The molecular formula is C20H24ClNO2. The van der Waals surface area contributed by atoms with Gasteiger partial charge >= 0.3 is 0 Å². The maximum absolute atomic E-state index is 12.0. The Balaban J connectivity index is 1.73. The van der Waals surface area contributed by atoms with Crippen molar-refractivity contribution < 1.29 is 9.53 Å². The van der Waals surface area contributed by atoms with Crippen molar-refractivity contribution in [3.8, 4) is 5.75 Å². The lowest BCUT2D eigenvalue weighted by Gasteiger charge is -2.14. The molecule has 1 N–H and O–H groups in total. The lowest BCUT2D eigenvalue weighted by Crippen LogP contribution is -2.26. The van der Waals surface area contributed by atoms with E-state index >= 15 is 0 Å². The van der Waals surface area contributed by atoms with E-state index in [0.717, 1.165) is 27.5 Å². The van der Waals surface area contributed by atoms with Crippen LogP contribution >= 0.6 is 11.6 Å². The monoisotopic (exact) mass is 345 g/mol. The maximum atomic E-state index is 12.0. The molecule has 2 aromatic rings. The van der Waals surface area contributed by atoms with Crippen molar-refractivity contribution in [3.05, 3.63) is 64.2 Å². The minimum Gasteiger partial charge on any atom is -0.494 e. The summed E-state index contributed by atoms with van der Waals surface area (Å²) in [5, 5.41) is 3.78. The highest BCUT2D eigenvalue weighted by Gasteiger charge is 2.09. The Hall–Kier alpha value is -2.00. The number of hydrogen-bond donors (Lipinski definition) is 1. The normalized spacial score (nSPS) is 11.8. The Kier molecular flexibility index (Phi) is 6.68. The van der Waals surface area contributed by atoms with Crippen molar-refractivity contribution >= 4 is 17.5 Å². The molecule has 0 aliphatic heterocycles. The summed E-state index contributed by atoms with van der Waals surface area (Å²) in [6.45, 7) is 6.41. The Labute approximate surface area is 149 Å². The van der Waals surface area contributed by atoms with Crippen molar-refractivity contribution in [3.63, 3.8) is 0 Å². The van der Waals surface area contributed by atoms with Crippen LogP contribution in [0.4, 0.5) is 0 Å². The third-order valence-electron chi connectivity index (χ3n) is 3.90. The van der Waals surface area contributed by atoms with Crippen molar-refractivity contribution in [2.24, 2.45) is 0 Å². The first-order valence-corrected chi connectivity index (χ1v) is 8.59. The van der Waals surface area contributed by atoms with E-state index in [4.69, 9.17) is 16.3 Å². The van der Waals surface area contributed by atoms with Gasteiger partial charge in [-0.05, 0) is 56.0 Å². The number of carbonyl (C=O) groups is 1. The molecule has 2 rings (SSSR count). The standard InChI is InChI=1S/C20H24ClNO2/c1-14-12-18(13-15(2)20(14)21)24-11-7-10-19(23)22-16(3)17-8-5-4-6-9-17/h4-6,8-9,12-13,16H,7,10-11H2,1-3H3,(H,22,23). The molecule has 0 aliphatic rings. The van der Waals surface area contributed by atoms with Crippen molar-refractivity contribution in [2.75, 3.05) is 6.61 Å². The lowest BCUT2D eigenvalue weighted by atomic mass is 10.1. The summed E-state index contributed by atoms with van der Waals surface area (Å²) in [7, 11) is 0. The van der Waals surface area contributed by atoms with Gasteiger partial charge in [0.2, 0.25) is 5.91 Å². The Morgan fingerprint density at radius 3 is 2.42 bits per heavy atom.